The normalized spacial score (nSPS) is 16.7. The van der Waals surface area contributed by atoms with Crippen LogP contribution in [-0.4, -0.2) is 26.9 Å². The molecule has 2 aromatic carbocycles. The fourth-order valence-electron chi connectivity index (χ4n) is 3.16. The highest BCUT2D eigenvalue weighted by molar-refractivity contribution is 7.89. The monoisotopic (exact) mass is 358 g/mol. The third-order valence-corrected chi connectivity index (χ3v) is 5.92. The maximum absolute atomic E-state index is 12.6. The topological polar surface area (TPSA) is 66.5 Å². The molecule has 0 bridgehead atoms. The summed E-state index contributed by atoms with van der Waals surface area (Å²) in [4.78, 5) is 14.6. The molecule has 0 fully saturated rings. The van der Waals surface area contributed by atoms with Crippen LogP contribution in [0.2, 0.25) is 0 Å². The van der Waals surface area contributed by atoms with Gasteiger partial charge in [0.05, 0.1) is 4.90 Å². The number of rotatable bonds is 5. The number of benzene rings is 2. The van der Waals surface area contributed by atoms with E-state index in [4.69, 9.17) is 0 Å². The van der Waals surface area contributed by atoms with Crippen molar-refractivity contribution >= 4 is 21.6 Å². The van der Waals surface area contributed by atoms with Gasteiger partial charge in [0.15, 0.2) is 0 Å². The van der Waals surface area contributed by atoms with Crippen molar-refractivity contribution in [2.75, 3.05) is 11.4 Å². The molecule has 1 aliphatic heterocycles. The number of carbonyl (C=O) groups is 1. The van der Waals surface area contributed by atoms with Gasteiger partial charge in [-0.3, -0.25) is 4.79 Å². The molecule has 0 unspecified atom stereocenters. The molecule has 1 heterocycles. The molecule has 0 aromatic heterocycles. The minimum atomic E-state index is -3.59. The SMILES string of the molecule is Cc1ccc(S(=O)(=O)NCCC(=O)N2c3ccccc3C[C@H]2C)cc1. The molecule has 0 saturated carbocycles. The number of sulfonamides is 1. The molecule has 1 N–H and O–H groups in total. The van der Waals surface area contributed by atoms with Gasteiger partial charge in [-0.15, -0.1) is 0 Å². The van der Waals surface area contributed by atoms with E-state index >= 15 is 0 Å². The van der Waals surface area contributed by atoms with Crippen molar-refractivity contribution in [3.05, 3.63) is 59.7 Å². The van der Waals surface area contributed by atoms with Crippen LogP contribution in [0.5, 0.6) is 0 Å². The van der Waals surface area contributed by atoms with E-state index in [1.807, 2.05) is 38.1 Å². The smallest absolute Gasteiger partial charge is 0.240 e. The molecule has 132 valence electrons. The van der Waals surface area contributed by atoms with E-state index in [1.54, 1.807) is 29.2 Å². The summed E-state index contributed by atoms with van der Waals surface area (Å²) in [7, 11) is -3.59. The van der Waals surface area contributed by atoms with Crippen molar-refractivity contribution < 1.29 is 13.2 Å². The van der Waals surface area contributed by atoms with Crippen LogP contribution in [0, 0.1) is 6.92 Å². The number of carbonyl (C=O) groups excluding carboxylic acids is 1. The summed E-state index contributed by atoms with van der Waals surface area (Å²) >= 11 is 0. The van der Waals surface area contributed by atoms with Crippen LogP contribution in [0.1, 0.15) is 24.5 Å². The standard InChI is InChI=1S/C19H22N2O3S/c1-14-7-9-17(10-8-14)25(23,24)20-12-11-19(22)21-15(2)13-16-5-3-4-6-18(16)21/h3-10,15,20H,11-13H2,1-2H3/t15-/m1/s1. The van der Waals surface area contributed by atoms with E-state index in [-0.39, 0.29) is 29.8 Å². The van der Waals surface area contributed by atoms with Crippen LogP contribution in [0.3, 0.4) is 0 Å². The molecule has 2 aromatic rings. The zero-order valence-corrected chi connectivity index (χ0v) is 15.2. The molecule has 1 amide bonds. The molecular formula is C19H22N2O3S. The predicted molar refractivity (Wildman–Crippen MR) is 98.1 cm³/mol. The number of nitrogens with zero attached hydrogens (tertiary/aromatic N) is 1. The lowest BCUT2D eigenvalue weighted by Gasteiger charge is -2.22. The highest BCUT2D eigenvalue weighted by Gasteiger charge is 2.30. The van der Waals surface area contributed by atoms with Gasteiger partial charge in [0.25, 0.3) is 0 Å². The second-order valence-electron chi connectivity index (χ2n) is 6.41. The Morgan fingerprint density at radius 1 is 1.16 bits per heavy atom. The van der Waals surface area contributed by atoms with Gasteiger partial charge in [-0.05, 0) is 44.0 Å². The molecule has 0 radical (unpaired) electrons. The summed E-state index contributed by atoms with van der Waals surface area (Å²) in [5.74, 6) is -0.0657. The maximum atomic E-state index is 12.6. The van der Waals surface area contributed by atoms with Crippen molar-refractivity contribution in [2.24, 2.45) is 0 Å². The van der Waals surface area contributed by atoms with Gasteiger partial charge in [-0.1, -0.05) is 35.9 Å². The molecule has 1 aliphatic rings. The Kier molecular flexibility index (Phi) is 4.92. The van der Waals surface area contributed by atoms with Crippen LogP contribution in [0.15, 0.2) is 53.4 Å². The van der Waals surface area contributed by atoms with Gasteiger partial charge in [0, 0.05) is 24.7 Å². The van der Waals surface area contributed by atoms with E-state index in [0.717, 1.165) is 23.2 Å². The first-order valence-corrected chi connectivity index (χ1v) is 9.83. The molecular weight excluding hydrogens is 336 g/mol. The third kappa shape index (κ3) is 3.75. The van der Waals surface area contributed by atoms with Crippen molar-refractivity contribution in [3.63, 3.8) is 0 Å². The molecule has 0 spiro atoms. The zero-order valence-electron chi connectivity index (χ0n) is 14.4. The molecule has 6 heteroatoms. The van der Waals surface area contributed by atoms with E-state index in [1.165, 1.54) is 0 Å². The average Bonchev–Trinajstić information content (AvgIpc) is 2.90. The summed E-state index contributed by atoms with van der Waals surface area (Å²) < 4.78 is 27.1. The number of amides is 1. The minimum absolute atomic E-state index is 0.0657. The number of hydrogen-bond donors (Lipinski definition) is 1. The van der Waals surface area contributed by atoms with Gasteiger partial charge in [0.1, 0.15) is 0 Å². The van der Waals surface area contributed by atoms with Crippen molar-refractivity contribution in [3.8, 4) is 0 Å². The van der Waals surface area contributed by atoms with Gasteiger partial charge >= 0.3 is 0 Å². The fraction of sp³-hybridized carbons (Fsp3) is 0.316. The number of fused-ring (bicyclic) bond motifs is 1. The molecule has 25 heavy (non-hydrogen) atoms. The highest BCUT2D eigenvalue weighted by Crippen LogP contribution is 2.32. The van der Waals surface area contributed by atoms with Crippen molar-refractivity contribution in [1.82, 2.24) is 4.72 Å². The first-order valence-electron chi connectivity index (χ1n) is 8.35. The first kappa shape index (κ1) is 17.6. The van der Waals surface area contributed by atoms with E-state index in [2.05, 4.69) is 4.72 Å². The van der Waals surface area contributed by atoms with Gasteiger partial charge in [0.2, 0.25) is 15.9 Å². The van der Waals surface area contributed by atoms with Crippen molar-refractivity contribution in [1.29, 1.82) is 0 Å². The summed E-state index contributed by atoms with van der Waals surface area (Å²) in [6.45, 7) is 3.99. The molecule has 5 nitrogen and oxygen atoms in total. The number of nitrogens with one attached hydrogen (secondary N) is 1. The number of aryl methyl sites for hydroxylation is 1. The van der Waals surface area contributed by atoms with E-state index in [9.17, 15) is 13.2 Å². The lowest BCUT2D eigenvalue weighted by atomic mass is 10.1. The Hall–Kier alpha value is -2.18. The zero-order chi connectivity index (χ0) is 18.0. The number of para-hydroxylation sites is 1. The number of hydrogen-bond acceptors (Lipinski definition) is 3. The average molecular weight is 358 g/mol. The van der Waals surface area contributed by atoms with Gasteiger partial charge in [-0.25, -0.2) is 13.1 Å². The van der Waals surface area contributed by atoms with Crippen LogP contribution >= 0.6 is 0 Å². The van der Waals surface area contributed by atoms with Crippen LogP contribution < -0.4 is 9.62 Å². The number of anilines is 1. The Bertz CT molecular complexity index is 876. The Balaban J connectivity index is 1.62. The Morgan fingerprint density at radius 3 is 2.56 bits per heavy atom. The molecule has 3 rings (SSSR count). The largest absolute Gasteiger partial charge is 0.309 e. The lowest BCUT2D eigenvalue weighted by molar-refractivity contribution is -0.118. The van der Waals surface area contributed by atoms with E-state index in [0.29, 0.717) is 0 Å². The van der Waals surface area contributed by atoms with Gasteiger partial charge in [-0.2, -0.15) is 0 Å². The lowest BCUT2D eigenvalue weighted by Crippen LogP contribution is -2.38. The van der Waals surface area contributed by atoms with Crippen LogP contribution in [-0.2, 0) is 21.2 Å². The Morgan fingerprint density at radius 2 is 1.84 bits per heavy atom. The van der Waals surface area contributed by atoms with Crippen LogP contribution in [0.4, 0.5) is 5.69 Å². The summed E-state index contributed by atoms with van der Waals surface area (Å²) in [6.07, 6.45) is 0.959. The van der Waals surface area contributed by atoms with E-state index < -0.39 is 10.0 Å². The Labute approximate surface area is 148 Å². The maximum Gasteiger partial charge on any atom is 0.240 e. The third-order valence-electron chi connectivity index (χ3n) is 4.44. The highest BCUT2D eigenvalue weighted by atomic mass is 32.2. The van der Waals surface area contributed by atoms with Crippen LogP contribution in [0.25, 0.3) is 0 Å². The van der Waals surface area contributed by atoms with Crippen molar-refractivity contribution in [2.45, 2.75) is 37.6 Å². The molecule has 0 saturated heterocycles. The fourth-order valence-corrected chi connectivity index (χ4v) is 4.19. The molecule has 1 atom stereocenters. The minimum Gasteiger partial charge on any atom is -0.309 e. The second-order valence-corrected chi connectivity index (χ2v) is 8.17. The summed E-state index contributed by atoms with van der Waals surface area (Å²) in [5, 5.41) is 0. The summed E-state index contributed by atoms with van der Waals surface area (Å²) in [6, 6.07) is 14.6. The molecule has 0 aliphatic carbocycles. The summed E-state index contributed by atoms with van der Waals surface area (Å²) in [5.41, 5.74) is 3.08. The second kappa shape index (κ2) is 6.98. The van der Waals surface area contributed by atoms with Gasteiger partial charge < -0.3 is 4.90 Å². The first-order chi connectivity index (χ1) is 11.9. The predicted octanol–water partition coefficient (Wildman–Crippen LogP) is 2.64. The quantitative estimate of drug-likeness (QED) is 0.893.